The van der Waals surface area contributed by atoms with E-state index in [0.29, 0.717) is 19.6 Å². The van der Waals surface area contributed by atoms with Gasteiger partial charge in [0.15, 0.2) is 11.5 Å². The van der Waals surface area contributed by atoms with Gasteiger partial charge in [-0.05, 0) is 24.5 Å². The maximum atomic E-state index is 12.4. The molecule has 1 atom stereocenters. The molecule has 1 N–H and O–H groups in total. The van der Waals surface area contributed by atoms with E-state index in [1.807, 2.05) is 23.6 Å². The standard InChI is InChI=1S/C17H20N2O3S/c1-3-13-10-23-15(19-13)8-18-17(20)12-7-11-5-4-6-14(21-2)16(11)22-9-12/h4-6,10,12H,3,7-9H2,1-2H3,(H,18,20)/t12-/m0/s1. The predicted molar refractivity (Wildman–Crippen MR) is 89.0 cm³/mol. The maximum Gasteiger partial charge on any atom is 0.227 e. The van der Waals surface area contributed by atoms with Gasteiger partial charge in [0.2, 0.25) is 5.91 Å². The van der Waals surface area contributed by atoms with E-state index in [-0.39, 0.29) is 11.8 Å². The van der Waals surface area contributed by atoms with Crippen molar-refractivity contribution in [2.24, 2.45) is 5.92 Å². The summed E-state index contributed by atoms with van der Waals surface area (Å²) in [6.45, 7) is 2.92. The van der Waals surface area contributed by atoms with Crippen molar-refractivity contribution in [2.75, 3.05) is 13.7 Å². The summed E-state index contributed by atoms with van der Waals surface area (Å²) in [6, 6.07) is 5.77. The minimum Gasteiger partial charge on any atom is -0.493 e. The minimum atomic E-state index is -0.180. The van der Waals surface area contributed by atoms with Crippen LogP contribution in [-0.4, -0.2) is 24.6 Å². The molecule has 0 radical (unpaired) electrons. The molecule has 1 aromatic carbocycles. The molecule has 0 saturated heterocycles. The topological polar surface area (TPSA) is 60.5 Å². The quantitative estimate of drug-likeness (QED) is 0.914. The summed E-state index contributed by atoms with van der Waals surface area (Å²) < 4.78 is 11.0. The molecule has 122 valence electrons. The van der Waals surface area contributed by atoms with Gasteiger partial charge >= 0.3 is 0 Å². The molecule has 5 nitrogen and oxygen atoms in total. The largest absolute Gasteiger partial charge is 0.493 e. The summed E-state index contributed by atoms with van der Waals surface area (Å²) in [6.07, 6.45) is 1.58. The normalized spacial score (nSPS) is 16.3. The zero-order chi connectivity index (χ0) is 16.2. The molecule has 23 heavy (non-hydrogen) atoms. The van der Waals surface area contributed by atoms with E-state index in [2.05, 4.69) is 17.2 Å². The van der Waals surface area contributed by atoms with Crippen molar-refractivity contribution in [1.82, 2.24) is 10.3 Å². The van der Waals surface area contributed by atoms with Gasteiger partial charge in [-0.3, -0.25) is 4.79 Å². The van der Waals surface area contributed by atoms with Gasteiger partial charge in [0.1, 0.15) is 11.6 Å². The highest BCUT2D eigenvalue weighted by Crippen LogP contribution is 2.36. The number of nitrogens with one attached hydrogen (secondary N) is 1. The molecule has 0 aliphatic carbocycles. The van der Waals surface area contributed by atoms with E-state index >= 15 is 0 Å². The lowest BCUT2D eigenvalue weighted by Gasteiger charge is -2.25. The van der Waals surface area contributed by atoms with Crippen LogP contribution in [-0.2, 0) is 24.2 Å². The van der Waals surface area contributed by atoms with Crippen LogP contribution in [0.3, 0.4) is 0 Å². The lowest BCUT2D eigenvalue weighted by Crippen LogP contribution is -2.37. The highest BCUT2D eigenvalue weighted by atomic mass is 32.1. The van der Waals surface area contributed by atoms with E-state index in [1.165, 1.54) is 0 Å². The summed E-state index contributed by atoms with van der Waals surface area (Å²) in [4.78, 5) is 16.8. The predicted octanol–water partition coefficient (Wildman–Crippen LogP) is 2.58. The van der Waals surface area contributed by atoms with E-state index in [1.54, 1.807) is 18.4 Å². The summed E-state index contributed by atoms with van der Waals surface area (Å²) in [5, 5.41) is 5.94. The number of benzene rings is 1. The Balaban J connectivity index is 1.60. The number of aromatic nitrogens is 1. The Morgan fingerprint density at radius 2 is 2.39 bits per heavy atom. The third-order valence-electron chi connectivity index (χ3n) is 3.92. The van der Waals surface area contributed by atoms with Crippen LogP contribution in [0.1, 0.15) is 23.2 Å². The van der Waals surface area contributed by atoms with Crippen molar-refractivity contribution in [3.63, 3.8) is 0 Å². The second kappa shape index (κ2) is 7.00. The number of fused-ring (bicyclic) bond motifs is 1. The number of ether oxygens (including phenoxy) is 2. The van der Waals surface area contributed by atoms with Gasteiger partial charge in [-0.15, -0.1) is 11.3 Å². The molecule has 2 heterocycles. The molecule has 1 aliphatic rings. The first-order chi connectivity index (χ1) is 11.2. The first-order valence-corrected chi connectivity index (χ1v) is 8.59. The smallest absolute Gasteiger partial charge is 0.227 e. The molecule has 1 amide bonds. The number of amides is 1. The van der Waals surface area contributed by atoms with Gasteiger partial charge in [-0.2, -0.15) is 0 Å². The molecule has 3 rings (SSSR count). The number of rotatable bonds is 5. The van der Waals surface area contributed by atoms with E-state index in [0.717, 1.165) is 34.2 Å². The summed E-state index contributed by atoms with van der Waals surface area (Å²) >= 11 is 1.58. The Hall–Kier alpha value is -2.08. The number of aryl methyl sites for hydroxylation is 1. The molecule has 0 fully saturated rings. The fraction of sp³-hybridized carbons (Fsp3) is 0.412. The molecular weight excluding hydrogens is 312 g/mol. The second-order valence-corrected chi connectivity index (χ2v) is 6.41. The van der Waals surface area contributed by atoms with Crippen LogP contribution in [0.5, 0.6) is 11.5 Å². The number of hydrogen-bond donors (Lipinski definition) is 1. The molecule has 0 saturated carbocycles. The van der Waals surface area contributed by atoms with Crippen molar-refractivity contribution in [3.05, 3.63) is 39.8 Å². The van der Waals surface area contributed by atoms with Crippen LogP contribution < -0.4 is 14.8 Å². The van der Waals surface area contributed by atoms with Crippen molar-refractivity contribution in [2.45, 2.75) is 26.3 Å². The molecule has 1 aromatic heterocycles. The SMILES string of the molecule is CCc1csc(CNC(=O)[C@@H]2COc3c(cccc3OC)C2)n1. The second-order valence-electron chi connectivity index (χ2n) is 5.46. The minimum absolute atomic E-state index is 0.00622. The summed E-state index contributed by atoms with van der Waals surface area (Å²) in [5.41, 5.74) is 2.08. The lowest BCUT2D eigenvalue weighted by atomic mass is 9.95. The third-order valence-corrected chi connectivity index (χ3v) is 4.82. The van der Waals surface area contributed by atoms with E-state index < -0.39 is 0 Å². The monoisotopic (exact) mass is 332 g/mol. The highest BCUT2D eigenvalue weighted by Gasteiger charge is 2.27. The Bertz CT molecular complexity index is 699. The van der Waals surface area contributed by atoms with Crippen LogP contribution in [0.15, 0.2) is 23.6 Å². The Morgan fingerprint density at radius 3 is 3.13 bits per heavy atom. The van der Waals surface area contributed by atoms with Crippen LogP contribution in [0.25, 0.3) is 0 Å². The first-order valence-electron chi connectivity index (χ1n) is 7.71. The van der Waals surface area contributed by atoms with Gasteiger partial charge < -0.3 is 14.8 Å². The number of hydrogen-bond acceptors (Lipinski definition) is 5. The van der Waals surface area contributed by atoms with Crippen molar-refractivity contribution >= 4 is 17.2 Å². The number of para-hydroxylation sites is 1. The number of methoxy groups -OCH3 is 1. The van der Waals surface area contributed by atoms with Crippen molar-refractivity contribution in [1.29, 1.82) is 0 Å². The highest BCUT2D eigenvalue weighted by molar-refractivity contribution is 7.09. The molecule has 0 spiro atoms. The number of carbonyl (C=O) groups excluding carboxylic acids is 1. The zero-order valence-electron chi connectivity index (χ0n) is 13.3. The van der Waals surface area contributed by atoms with Gasteiger partial charge in [0, 0.05) is 5.38 Å². The average molecular weight is 332 g/mol. The van der Waals surface area contributed by atoms with Crippen LogP contribution in [0, 0.1) is 5.92 Å². The molecule has 1 aliphatic heterocycles. The van der Waals surface area contributed by atoms with Crippen LogP contribution in [0.4, 0.5) is 0 Å². The van der Waals surface area contributed by atoms with Gasteiger partial charge in [0.25, 0.3) is 0 Å². The number of thiazole rings is 1. The fourth-order valence-corrected chi connectivity index (χ4v) is 3.44. The number of carbonyl (C=O) groups is 1. The Kier molecular flexibility index (Phi) is 4.81. The summed E-state index contributed by atoms with van der Waals surface area (Å²) in [7, 11) is 1.62. The zero-order valence-corrected chi connectivity index (χ0v) is 14.1. The van der Waals surface area contributed by atoms with Crippen LogP contribution >= 0.6 is 11.3 Å². The molecule has 2 aromatic rings. The Labute approximate surface area is 139 Å². The van der Waals surface area contributed by atoms with E-state index in [9.17, 15) is 4.79 Å². The molecular formula is C17H20N2O3S. The van der Waals surface area contributed by atoms with Crippen molar-refractivity contribution in [3.8, 4) is 11.5 Å². The van der Waals surface area contributed by atoms with Crippen LogP contribution in [0.2, 0.25) is 0 Å². The van der Waals surface area contributed by atoms with Crippen molar-refractivity contribution < 1.29 is 14.3 Å². The van der Waals surface area contributed by atoms with Gasteiger partial charge in [0.05, 0.1) is 25.3 Å². The molecule has 0 bridgehead atoms. The van der Waals surface area contributed by atoms with E-state index in [4.69, 9.17) is 9.47 Å². The lowest BCUT2D eigenvalue weighted by molar-refractivity contribution is -0.126. The van der Waals surface area contributed by atoms with Gasteiger partial charge in [-0.1, -0.05) is 19.1 Å². The van der Waals surface area contributed by atoms with Gasteiger partial charge in [-0.25, -0.2) is 4.98 Å². The fourth-order valence-electron chi connectivity index (χ4n) is 2.62. The first kappa shape index (κ1) is 15.8. The molecule has 0 unspecified atom stereocenters. The maximum absolute atomic E-state index is 12.4. The third kappa shape index (κ3) is 3.47. The summed E-state index contributed by atoms with van der Waals surface area (Å²) in [5.74, 6) is 1.30. The Morgan fingerprint density at radius 1 is 1.52 bits per heavy atom. The average Bonchev–Trinajstić information content (AvgIpc) is 3.06. The molecule has 6 heteroatoms. The number of nitrogens with zero attached hydrogens (tertiary/aromatic N) is 1.